The van der Waals surface area contributed by atoms with Crippen molar-refractivity contribution in [3.63, 3.8) is 0 Å². The molecule has 1 N–H and O–H groups in total. The summed E-state index contributed by atoms with van der Waals surface area (Å²) >= 11 is 0. The average Bonchev–Trinajstić information content (AvgIpc) is 3.09. The number of piperidine rings is 1. The Morgan fingerprint density at radius 1 is 1.25 bits per heavy atom. The standard InChI is InChI=1S/C19H27FN4O3S/c1-11(2)28(26,27)24-7-5-19(6-8-24)12-10-21-23-17(12)22-15-14(19)13(25)9-18(3,4)16(15)20/h11,16,22H,5-10H2,1-4H3/t16-/m0/s1. The lowest BCUT2D eigenvalue weighted by Gasteiger charge is -2.49. The van der Waals surface area contributed by atoms with E-state index in [1.54, 1.807) is 27.7 Å². The molecule has 1 spiro atoms. The molecular formula is C19H27FN4O3S. The van der Waals surface area contributed by atoms with Crippen LogP contribution in [0.5, 0.6) is 0 Å². The van der Waals surface area contributed by atoms with Gasteiger partial charge in [0.05, 0.1) is 17.5 Å². The number of hydrogen-bond donors (Lipinski definition) is 1. The fraction of sp³-hybridized carbons (Fsp3) is 0.737. The number of sulfonamides is 1. The van der Waals surface area contributed by atoms with Crippen molar-refractivity contribution in [3.05, 3.63) is 22.7 Å². The largest absolute Gasteiger partial charge is 0.339 e. The van der Waals surface area contributed by atoms with Crippen molar-refractivity contribution in [3.8, 4) is 0 Å². The van der Waals surface area contributed by atoms with Gasteiger partial charge in [-0.25, -0.2) is 17.1 Å². The van der Waals surface area contributed by atoms with Gasteiger partial charge in [0.1, 0.15) is 6.17 Å². The fourth-order valence-corrected chi connectivity index (χ4v) is 6.24. The highest BCUT2D eigenvalue weighted by molar-refractivity contribution is 7.89. The van der Waals surface area contributed by atoms with Crippen molar-refractivity contribution in [2.75, 3.05) is 19.6 Å². The van der Waals surface area contributed by atoms with Gasteiger partial charge >= 0.3 is 0 Å². The topological polar surface area (TPSA) is 91.2 Å². The number of ketones is 1. The second-order valence-electron chi connectivity index (χ2n) is 9.17. The summed E-state index contributed by atoms with van der Waals surface area (Å²) in [4.78, 5) is 13.2. The SMILES string of the molecule is CC(C)S(=O)(=O)N1CCC2(CC1)C1=C(N=NC1)NC1=C2C(=O)CC(C)(C)[C@H]1F. The number of dihydropyridines is 1. The number of nitrogens with one attached hydrogen (secondary N) is 1. The Hall–Kier alpha value is -1.61. The molecule has 4 aliphatic rings. The number of rotatable bonds is 2. The molecule has 154 valence electrons. The molecule has 0 radical (unpaired) electrons. The lowest BCUT2D eigenvalue weighted by atomic mass is 9.59. The summed E-state index contributed by atoms with van der Waals surface area (Å²) < 4.78 is 42.1. The van der Waals surface area contributed by atoms with Crippen LogP contribution in [0.25, 0.3) is 0 Å². The minimum absolute atomic E-state index is 0.0555. The first-order valence-corrected chi connectivity index (χ1v) is 11.3. The van der Waals surface area contributed by atoms with E-state index < -0.39 is 32.3 Å². The van der Waals surface area contributed by atoms with Crippen LogP contribution in [-0.4, -0.2) is 49.6 Å². The zero-order valence-corrected chi connectivity index (χ0v) is 17.6. The van der Waals surface area contributed by atoms with Gasteiger partial charge in [0, 0.05) is 41.5 Å². The van der Waals surface area contributed by atoms with Gasteiger partial charge in [-0.15, -0.1) is 5.11 Å². The summed E-state index contributed by atoms with van der Waals surface area (Å²) in [5.74, 6) is 0.479. The molecule has 28 heavy (non-hydrogen) atoms. The Labute approximate surface area is 165 Å². The van der Waals surface area contributed by atoms with E-state index in [0.717, 1.165) is 5.57 Å². The predicted molar refractivity (Wildman–Crippen MR) is 103 cm³/mol. The zero-order chi connectivity index (χ0) is 20.5. The Balaban J connectivity index is 1.77. The molecule has 0 bridgehead atoms. The average molecular weight is 411 g/mol. The molecule has 3 aliphatic heterocycles. The van der Waals surface area contributed by atoms with Crippen molar-refractivity contribution in [1.29, 1.82) is 0 Å². The van der Waals surface area contributed by atoms with E-state index in [4.69, 9.17) is 0 Å². The maximum Gasteiger partial charge on any atom is 0.216 e. The normalized spacial score (nSPS) is 29.4. The molecule has 1 atom stereocenters. The maximum absolute atomic E-state index is 15.4. The second kappa shape index (κ2) is 6.19. The van der Waals surface area contributed by atoms with Crippen LogP contribution in [0.4, 0.5) is 4.39 Å². The number of halogens is 1. The third-order valence-corrected chi connectivity index (χ3v) is 8.91. The second-order valence-corrected chi connectivity index (χ2v) is 11.7. The minimum Gasteiger partial charge on any atom is -0.339 e. The molecule has 0 aromatic heterocycles. The molecule has 1 aliphatic carbocycles. The molecule has 0 aromatic carbocycles. The summed E-state index contributed by atoms with van der Waals surface area (Å²) in [5, 5.41) is 10.8. The lowest BCUT2D eigenvalue weighted by Crippen LogP contribution is -2.53. The van der Waals surface area contributed by atoms with Gasteiger partial charge in [0.2, 0.25) is 10.0 Å². The van der Waals surface area contributed by atoms with Gasteiger partial charge in [-0.05, 0) is 26.7 Å². The number of azo groups is 1. The van der Waals surface area contributed by atoms with E-state index in [2.05, 4.69) is 15.5 Å². The van der Waals surface area contributed by atoms with Crippen LogP contribution >= 0.6 is 0 Å². The first kappa shape index (κ1) is 19.7. The maximum atomic E-state index is 15.4. The van der Waals surface area contributed by atoms with Crippen LogP contribution in [0, 0.1) is 10.8 Å². The van der Waals surface area contributed by atoms with Gasteiger partial charge in [-0.3, -0.25) is 4.79 Å². The third-order valence-electron chi connectivity index (χ3n) is 6.63. The Bertz CT molecular complexity index is 925. The number of carbonyl (C=O) groups is 1. The third kappa shape index (κ3) is 2.62. The van der Waals surface area contributed by atoms with Gasteiger partial charge in [-0.1, -0.05) is 13.8 Å². The van der Waals surface area contributed by atoms with E-state index >= 15 is 4.39 Å². The van der Waals surface area contributed by atoms with E-state index in [9.17, 15) is 13.2 Å². The summed E-state index contributed by atoms with van der Waals surface area (Å²) in [6.07, 6.45) is -0.273. The van der Waals surface area contributed by atoms with Crippen molar-refractivity contribution >= 4 is 15.8 Å². The molecule has 1 saturated heterocycles. The summed E-state index contributed by atoms with van der Waals surface area (Å²) in [6, 6.07) is 0. The van der Waals surface area contributed by atoms with E-state index in [0.29, 0.717) is 49.6 Å². The summed E-state index contributed by atoms with van der Waals surface area (Å²) in [6.45, 7) is 7.82. The van der Waals surface area contributed by atoms with E-state index in [1.165, 1.54) is 4.31 Å². The molecule has 0 amide bonds. The molecule has 1 fully saturated rings. The molecule has 4 rings (SSSR count). The number of Topliss-reactive ketones (excluding diaryl/α,β-unsaturated/α-hetero) is 1. The van der Waals surface area contributed by atoms with Gasteiger partial charge in [0.15, 0.2) is 11.6 Å². The first-order valence-electron chi connectivity index (χ1n) is 9.80. The van der Waals surface area contributed by atoms with Crippen LogP contribution in [0.2, 0.25) is 0 Å². The predicted octanol–water partition coefficient (Wildman–Crippen LogP) is 2.68. The number of hydrogen-bond acceptors (Lipinski definition) is 6. The van der Waals surface area contributed by atoms with Crippen LogP contribution in [0.3, 0.4) is 0 Å². The monoisotopic (exact) mass is 410 g/mol. The van der Waals surface area contributed by atoms with Crippen LogP contribution in [0.15, 0.2) is 32.9 Å². The first-order chi connectivity index (χ1) is 13.0. The lowest BCUT2D eigenvalue weighted by molar-refractivity contribution is -0.121. The molecule has 0 aromatic rings. The quantitative estimate of drug-likeness (QED) is 0.758. The number of fused-ring (bicyclic) bond motifs is 2. The Kier molecular flexibility index (Phi) is 4.36. The van der Waals surface area contributed by atoms with Crippen molar-refractivity contribution in [2.24, 2.45) is 21.1 Å². The van der Waals surface area contributed by atoms with E-state index in [-0.39, 0.29) is 12.2 Å². The summed E-state index contributed by atoms with van der Waals surface area (Å²) in [7, 11) is -3.37. The highest BCUT2D eigenvalue weighted by atomic mass is 32.2. The number of carbonyl (C=O) groups excluding carboxylic acids is 1. The van der Waals surface area contributed by atoms with Crippen molar-refractivity contribution in [2.45, 2.75) is 58.4 Å². The van der Waals surface area contributed by atoms with Crippen molar-refractivity contribution in [1.82, 2.24) is 9.62 Å². The molecular weight excluding hydrogens is 383 g/mol. The van der Waals surface area contributed by atoms with Gasteiger partial charge in [0.25, 0.3) is 0 Å². The van der Waals surface area contributed by atoms with E-state index in [1.807, 2.05) is 0 Å². The highest BCUT2D eigenvalue weighted by Crippen LogP contribution is 2.55. The molecule has 0 saturated carbocycles. The summed E-state index contributed by atoms with van der Waals surface area (Å²) in [5.41, 5.74) is 0.223. The smallest absolute Gasteiger partial charge is 0.216 e. The zero-order valence-electron chi connectivity index (χ0n) is 16.7. The molecule has 3 heterocycles. The number of nitrogens with zero attached hydrogens (tertiary/aromatic N) is 3. The van der Waals surface area contributed by atoms with Gasteiger partial charge in [-0.2, -0.15) is 5.11 Å². The van der Waals surface area contributed by atoms with Crippen LogP contribution < -0.4 is 5.32 Å². The molecule has 7 nitrogen and oxygen atoms in total. The Morgan fingerprint density at radius 3 is 2.50 bits per heavy atom. The minimum atomic E-state index is -3.37. The van der Waals surface area contributed by atoms with Crippen LogP contribution in [0.1, 0.15) is 47.0 Å². The van der Waals surface area contributed by atoms with Gasteiger partial charge < -0.3 is 5.32 Å². The Morgan fingerprint density at radius 2 is 1.89 bits per heavy atom. The molecule has 0 unspecified atom stereocenters. The highest BCUT2D eigenvalue weighted by Gasteiger charge is 2.55. The van der Waals surface area contributed by atoms with Crippen molar-refractivity contribution < 1.29 is 17.6 Å². The number of allylic oxidation sites excluding steroid dienone is 2. The fourth-order valence-electron chi connectivity index (χ4n) is 4.95. The molecule has 9 heteroatoms. The number of alkyl halides is 1. The van der Waals surface area contributed by atoms with Crippen LogP contribution in [-0.2, 0) is 14.8 Å².